The quantitative estimate of drug-likeness (QED) is 0.754. The van der Waals surface area contributed by atoms with Gasteiger partial charge in [0.2, 0.25) is 0 Å². The van der Waals surface area contributed by atoms with Crippen LogP contribution >= 0.6 is 0 Å². The summed E-state index contributed by atoms with van der Waals surface area (Å²) in [6, 6.07) is 0.758. The third-order valence-electron chi connectivity index (χ3n) is 6.41. The molecule has 4 fully saturated rings. The zero-order valence-electron chi connectivity index (χ0n) is 13.5. The van der Waals surface area contributed by atoms with E-state index < -0.39 is 0 Å². The predicted molar refractivity (Wildman–Crippen MR) is 82.2 cm³/mol. The van der Waals surface area contributed by atoms with Crippen LogP contribution in [0.5, 0.6) is 0 Å². The van der Waals surface area contributed by atoms with Gasteiger partial charge in [-0.3, -0.25) is 0 Å². The fraction of sp³-hybridized carbons (Fsp3) is 1.00. The molecule has 0 aliphatic heterocycles. The Balaban J connectivity index is 1.80. The molecular weight excluding hydrogens is 230 g/mol. The van der Waals surface area contributed by atoms with Gasteiger partial charge in [-0.1, -0.05) is 27.7 Å². The van der Waals surface area contributed by atoms with Crippen LogP contribution in [0.4, 0.5) is 0 Å². The molecule has 110 valence electrons. The average Bonchev–Trinajstić information content (AvgIpc) is 2.22. The van der Waals surface area contributed by atoms with Crippen molar-refractivity contribution in [3.63, 3.8) is 0 Å². The number of nitrogens with one attached hydrogen (secondary N) is 1. The van der Waals surface area contributed by atoms with E-state index in [1.807, 2.05) is 0 Å². The normalized spacial score (nSPS) is 49.6. The molecule has 3 atom stereocenters. The smallest absolute Gasteiger partial charge is 0.00696 e. The maximum absolute atomic E-state index is 3.73. The first-order chi connectivity index (χ1) is 8.90. The van der Waals surface area contributed by atoms with Gasteiger partial charge in [0.05, 0.1) is 0 Å². The largest absolute Gasteiger partial charge is 0.314 e. The second kappa shape index (κ2) is 4.48. The van der Waals surface area contributed by atoms with Crippen LogP contribution in [-0.4, -0.2) is 12.6 Å². The van der Waals surface area contributed by atoms with Gasteiger partial charge >= 0.3 is 0 Å². The molecule has 4 aliphatic rings. The average molecular weight is 263 g/mol. The van der Waals surface area contributed by atoms with E-state index in [2.05, 4.69) is 33.0 Å². The minimum absolute atomic E-state index is 0.679. The van der Waals surface area contributed by atoms with E-state index in [0.717, 1.165) is 18.5 Å². The highest BCUT2D eigenvalue weighted by Crippen LogP contribution is 2.70. The van der Waals surface area contributed by atoms with Crippen LogP contribution in [0.3, 0.4) is 0 Å². The summed E-state index contributed by atoms with van der Waals surface area (Å²) < 4.78 is 0. The van der Waals surface area contributed by atoms with Gasteiger partial charge in [-0.05, 0) is 80.1 Å². The molecular formula is C18H33N. The minimum atomic E-state index is 0.679. The van der Waals surface area contributed by atoms with E-state index in [9.17, 15) is 0 Å². The summed E-state index contributed by atoms with van der Waals surface area (Å²) in [5.74, 6) is 1.05. The Morgan fingerprint density at radius 1 is 1.00 bits per heavy atom. The molecule has 3 unspecified atom stereocenters. The topological polar surface area (TPSA) is 12.0 Å². The highest BCUT2D eigenvalue weighted by Gasteiger charge is 2.59. The molecule has 4 bridgehead atoms. The van der Waals surface area contributed by atoms with E-state index in [-0.39, 0.29) is 0 Å². The molecule has 4 rings (SSSR count). The number of hydrogen-bond donors (Lipinski definition) is 1. The van der Waals surface area contributed by atoms with Crippen molar-refractivity contribution in [3.8, 4) is 0 Å². The predicted octanol–water partition coefficient (Wildman–Crippen LogP) is 4.76. The molecule has 1 nitrogen and oxygen atoms in total. The molecule has 0 aromatic heterocycles. The first-order valence-corrected chi connectivity index (χ1v) is 8.63. The molecule has 0 aromatic rings. The lowest BCUT2D eigenvalue weighted by Crippen LogP contribution is -2.56. The van der Waals surface area contributed by atoms with Crippen LogP contribution < -0.4 is 5.32 Å². The van der Waals surface area contributed by atoms with Crippen molar-refractivity contribution in [2.75, 3.05) is 6.54 Å². The van der Waals surface area contributed by atoms with Gasteiger partial charge in [0.15, 0.2) is 0 Å². The lowest BCUT2D eigenvalue weighted by Gasteiger charge is -2.66. The maximum atomic E-state index is 3.73. The van der Waals surface area contributed by atoms with Crippen LogP contribution in [0, 0.1) is 22.2 Å². The fourth-order valence-corrected chi connectivity index (χ4v) is 7.08. The number of hydrogen-bond acceptors (Lipinski definition) is 1. The Hall–Kier alpha value is -0.0400. The molecule has 19 heavy (non-hydrogen) atoms. The molecule has 0 aromatic carbocycles. The Morgan fingerprint density at radius 3 is 2.11 bits per heavy atom. The summed E-state index contributed by atoms with van der Waals surface area (Å²) in [6.07, 6.45) is 11.9. The Morgan fingerprint density at radius 2 is 1.63 bits per heavy atom. The summed E-state index contributed by atoms with van der Waals surface area (Å²) in [5.41, 5.74) is 2.04. The Bertz CT molecular complexity index is 330. The van der Waals surface area contributed by atoms with E-state index in [4.69, 9.17) is 0 Å². The molecule has 1 N–H and O–H groups in total. The van der Waals surface area contributed by atoms with Gasteiger partial charge in [-0.2, -0.15) is 0 Å². The van der Waals surface area contributed by atoms with Gasteiger partial charge in [0, 0.05) is 6.04 Å². The highest BCUT2D eigenvalue weighted by atomic mass is 14.9. The lowest BCUT2D eigenvalue weighted by molar-refractivity contribution is -0.150. The van der Waals surface area contributed by atoms with Gasteiger partial charge in [-0.25, -0.2) is 0 Å². The van der Waals surface area contributed by atoms with Crippen molar-refractivity contribution >= 4 is 0 Å². The third-order valence-corrected chi connectivity index (χ3v) is 6.41. The van der Waals surface area contributed by atoms with Crippen molar-refractivity contribution in [2.45, 2.75) is 85.1 Å². The molecule has 4 saturated carbocycles. The summed E-state index contributed by atoms with van der Waals surface area (Å²) in [6.45, 7) is 10.9. The van der Waals surface area contributed by atoms with Crippen LogP contribution in [0.25, 0.3) is 0 Å². The van der Waals surface area contributed by atoms with Crippen molar-refractivity contribution in [1.82, 2.24) is 5.32 Å². The van der Waals surface area contributed by atoms with Crippen molar-refractivity contribution < 1.29 is 0 Å². The second-order valence-electron chi connectivity index (χ2n) is 9.00. The molecule has 0 amide bonds. The monoisotopic (exact) mass is 263 g/mol. The highest BCUT2D eigenvalue weighted by molar-refractivity contribution is 5.10. The maximum Gasteiger partial charge on any atom is 0.00696 e. The van der Waals surface area contributed by atoms with Crippen LogP contribution in [-0.2, 0) is 0 Å². The summed E-state index contributed by atoms with van der Waals surface area (Å²) in [5, 5.41) is 3.73. The molecule has 4 aliphatic carbocycles. The summed E-state index contributed by atoms with van der Waals surface area (Å²) in [4.78, 5) is 0. The summed E-state index contributed by atoms with van der Waals surface area (Å²) >= 11 is 0. The van der Waals surface area contributed by atoms with Gasteiger partial charge in [0.1, 0.15) is 0 Å². The molecule has 1 heteroatoms. The zero-order valence-corrected chi connectivity index (χ0v) is 13.5. The standard InChI is InChI=1S/C18H33N/c1-5-15(19-6-2)10-18-9-14-7-16(3,12-18)11-17(4,8-14)13-18/h14-15,19H,5-13H2,1-4H3. The third kappa shape index (κ3) is 2.48. The Kier molecular flexibility index (Phi) is 3.28. The number of rotatable bonds is 5. The fourth-order valence-electron chi connectivity index (χ4n) is 7.08. The van der Waals surface area contributed by atoms with E-state index >= 15 is 0 Å². The van der Waals surface area contributed by atoms with Gasteiger partial charge in [-0.15, -0.1) is 0 Å². The molecule has 0 radical (unpaired) electrons. The van der Waals surface area contributed by atoms with Crippen LogP contribution in [0.15, 0.2) is 0 Å². The second-order valence-corrected chi connectivity index (χ2v) is 9.00. The summed E-state index contributed by atoms with van der Waals surface area (Å²) in [7, 11) is 0. The van der Waals surface area contributed by atoms with Gasteiger partial charge < -0.3 is 5.32 Å². The van der Waals surface area contributed by atoms with Crippen LogP contribution in [0.1, 0.15) is 79.1 Å². The van der Waals surface area contributed by atoms with E-state index in [1.54, 1.807) is 6.42 Å². The molecule has 0 saturated heterocycles. The van der Waals surface area contributed by atoms with Crippen molar-refractivity contribution in [1.29, 1.82) is 0 Å². The van der Waals surface area contributed by atoms with Crippen molar-refractivity contribution in [2.24, 2.45) is 22.2 Å². The van der Waals surface area contributed by atoms with Crippen LogP contribution in [0.2, 0.25) is 0 Å². The first-order valence-electron chi connectivity index (χ1n) is 8.63. The van der Waals surface area contributed by atoms with Gasteiger partial charge in [0.25, 0.3) is 0 Å². The lowest BCUT2D eigenvalue weighted by atomic mass is 9.39. The minimum Gasteiger partial charge on any atom is -0.314 e. The van der Waals surface area contributed by atoms with Crippen molar-refractivity contribution in [3.05, 3.63) is 0 Å². The SMILES string of the molecule is CCNC(CC)CC12CC3CC(C)(CC(C)(C3)C1)C2. The molecule has 0 spiro atoms. The van der Waals surface area contributed by atoms with E-state index in [1.165, 1.54) is 44.9 Å². The van der Waals surface area contributed by atoms with E-state index in [0.29, 0.717) is 16.2 Å². The molecule has 0 heterocycles. The zero-order chi connectivity index (χ0) is 13.7. The Labute approximate surface area is 119 Å². The first kappa shape index (κ1) is 13.9.